The molecule has 2 rings (SSSR count). The highest BCUT2D eigenvalue weighted by atomic mass is 16.6. The fourth-order valence-electron chi connectivity index (χ4n) is 2.38. The standard InChI is InChI=1S/C10H16N4O3/c15-9(5-8-3-1-2-4-8)6-13-7-11-10(12-13)14(16)17/h7-9,15H,1-6H2. The minimum absolute atomic E-state index is 0.275. The summed E-state index contributed by atoms with van der Waals surface area (Å²) in [7, 11) is 0. The first kappa shape index (κ1) is 12.0. The Hall–Kier alpha value is -1.50. The van der Waals surface area contributed by atoms with Gasteiger partial charge >= 0.3 is 5.95 Å². The summed E-state index contributed by atoms with van der Waals surface area (Å²) in [5.41, 5.74) is 0. The fraction of sp³-hybridized carbons (Fsp3) is 0.800. The average molecular weight is 240 g/mol. The molecule has 1 fully saturated rings. The number of nitro groups is 1. The van der Waals surface area contributed by atoms with Gasteiger partial charge in [-0.2, -0.15) is 4.68 Å². The number of aliphatic hydroxyl groups is 1. The molecule has 0 spiro atoms. The van der Waals surface area contributed by atoms with E-state index < -0.39 is 17.0 Å². The van der Waals surface area contributed by atoms with Crippen LogP contribution in [0.4, 0.5) is 5.95 Å². The molecule has 1 heterocycles. The highest BCUT2D eigenvalue weighted by molar-refractivity contribution is 4.97. The molecule has 17 heavy (non-hydrogen) atoms. The topological polar surface area (TPSA) is 94.1 Å². The Bertz CT molecular complexity index is 387. The molecule has 7 nitrogen and oxygen atoms in total. The van der Waals surface area contributed by atoms with Gasteiger partial charge in [-0.3, -0.25) is 0 Å². The van der Waals surface area contributed by atoms with Gasteiger partial charge in [0.25, 0.3) is 0 Å². The molecular formula is C10H16N4O3. The van der Waals surface area contributed by atoms with Crippen LogP contribution in [0, 0.1) is 16.0 Å². The zero-order valence-corrected chi connectivity index (χ0v) is 9.53. The first-order valence-electron chi connectivity index (χ1n) is 5.87. The van der Waals surface area contributed by atoms with E-state index in [9.17, 15) is 15.2 Å². The van der Waals surface area contributed by atoms with E-state index in [1.807, 2.05) is 0 Å². The summed E-state index contributed by atoms with van der Waals surface area (Å²) >= 11 is 0. The Labute approximate surface area is 98.6 Å². The van der Waals surface area contributed by atoms with Gasteiger partial charge in [-0.05, 0) is 17.3 Å². The summed E-state index contributed by atoms with van der Waals surface area (Å²) in [5.74, 6) is 0.168. The van der Waals surface area contributed by atoms with Gasteiger partial charge in [0.15, 0.2) is 0 Å². The quantitative estimate of drug-likeness (QED) is 0.615. The zero-order valence-electron chi connectivity index (χ0n) is 9.53. The molecule has 0 saturated heterocycles. The summed E-state index contributed by atoms with van der Waals surface area (Å²) in [5, 5.41) is 23.9. The first-order valence-corrected chi connectivity index (χ1v) is 5.87. The number of hydrogen-bond donors (Lipinski definition) is 1. The van der Waals surface area contributed by atoms with E-state index in [-0.39, 0.29) is 6.54 Å². The molecule has 1 aliphatic rings. The molecule has 94 valence electrons. The molecule has 0 amide bonds. The van der Waals surface area contributed by atoms with Crippen LogP contribution in [0.5, 0.6) is 0 Å². The van der Waals surface area contributed by atoms with E-state index in [1.54, 1.807) is 0 Å². The molecule has 1 N–H and O–H groups in total. The van der Waals surface area contributed by atoms with Gasteiger partial charge in [0.05, 0.1) is 12.6 Å². The monoisotopic (exact) mass is 240 g/mol. The maximum atomic E-state index is 10.4. The molecule has 1 aromatic rings. The van der Waals surface area contributed by atoms with Crippen LogP contribution in [0.2, 0.25) is 0 Å². The largest absolute Gasteiger partial charge is 0.490 e. The van der Waals surface area contributed by atoms with Gasteiger partial charge in [0.1, 0.15) is 0 Å². The normalized spacial score (nSPS) is 18.4. The summed E-state index contributed by atoms with van der Waals surface area (Å²) in [6.45, 7) is 0.275. The number of aliphatic hydroxyl groups excluding tert-OH is 1. The third-order valence-corrected chi connectivity index (χ3v) is 3.17. The van der Waals surface area contributed by atoms with E-state index in [0.717, 1.165) is 6.42 Å². The zero-order chi connectivity index (χ0) is 12.3. The van der Waals surface area contributed by atoms with Crippen LogP contribution in [0.25, 0.3) is 0 Å². The molecule has 1 atom stereocenters. The Morgan fingerprint density at radius 1 is 1.59 bits per heavy atom. The van der Waals surface area contributed by atoms with Gasteiger partial charge in [-0.1, -0.05) is 30.7 Å². The lowest BCUT2D eigenvalue weighted by Gasteiger charge is -2.13. The predicted octanol–water partition coefficient (Wildman–Crippen LogP) is 1.13. The Kier molecular flexibility index (Phi) is 3.68. The van der Waals surface area contributed by atoms with E-state index in [4.69, 9.17) is 0 Å². The second-order valence-electron chi connectivity index (χ2n) is 4.56. The molecule has 7 heteroatoms. The molecule has 0 radical (unpaired) electrons. The average Bonchev–Trinajstić information content (AvgIpc) is 2.88. The van der Waals surface area contributed by atoms with Crippen LogP contribution < -0.4 is 0 Å². The summed E-state index contributed by atoms with van der Waals surface area (Å²) in [6, 6.07) is 0. The van der Waals surface area contributed by atoms with Crippen molar-refractivity contribution in [3.05, 3.63) is 16.4 Å². The highest BCUT2D eigenvalue weighted by Gasteiger charge is 2.21. The SMILES string of the molecule is O=[N+]([O-])c1ncn(CC(O)CC2CCCC2)n1. The van der Waals surface area contributed by atoms with Gasteiger partial charge in [0, 0.05) is 5.10 Å². The minimum atomic E-state index is -0.639. The Morgan fingerprint density at radius 2 is 2.29 bits per heavy atom. The summed E-state index contributed by atoms with van der Waals surface area (Å²) in [6.07, 6.45) is 6.37. The number of hydrogen-bond acceptors (Lipinski definition) is 5. The van der Waals surface area contributed by atoms with Gasteiger partial charge in [-0.15, -0.1) is 0 Å². The van der Waals surface area contributed by atoms with Crippen molar-refractivity contribution >= 4 is 5.95 Å². The van der Waals surface area contributed by atoms with Crippen molar-refractivity contribution in [2.24, 2.45) is 5.92 Å². The van der Waals surface area contributed by atoms with E-state index in [0.29, 0.717) is 5.92 Å². The summed E-state index contributed by atoms with van der Waals surface area (Å²) < 4.78 is 1.33. The van der Waals surface area contributed by atoms with Crippen molar-refractivity contribution in [2.75, 3.05) is 0 Å². The Balaban J connectivity index is 1.84. The minimum Gasteiger partial charge on any atom is -0.391 e. The number of rotatable bonds is 5. The molecule has 1 aromatic heterocycles. The second-order valence-corrected chi connectivity index (χ2v) is 4.56. The number of aromatic nitrogens is 3. The second kappa shape index (κ2) is 5.22. The van der Waals surface area contributed by atoms with Crippen molar-refractivity contribution in [3.63, 3.8) is 0 Å². The third kappa shape index (κ3) is 3.23. The van der Waals surface area contributed by atoms with Gasteiger partial charge in [0.2, 0.25) is 6.33 Å². The number of nitrogens with zero attached hydrogens (tertiary/aromatic N) is 4. The van der Waals surface area contributed by atoms with Crippen molar-refractivity contribution in [1.82, 2.24) is 14.8 Å². The first-order chi connectivity index (χ1) is 8.15. The van der Waals surface area contributed by atoms with Crippen molar-refractivity contribution in [2.45, 2.75) is 44.8 Å². The summed E-state index contributed by atoms with van der Waals surface area (Å²) in [4.78, 5) is 13.3. The third-order valence-electron chi connectivity index (χ3n) is 3.17. The van der Waals surface area contributed by atoms with Crippen LogP contribution in [0.1, 0.15) is 32.1 Å². The van der Waals surface area contributed by atoms with Crippen molar-refractivity contribution < 1.29 is 10.0 Å². The van der Waals surface area contributed by atoms with Crippen LogP contribution >= 0.6 is 0 Å². The van der Waals surface area contributed by atoms with Crippen LogP contribution in [0.15, 0.2) is 6.33 Å². The van der Waals surface area contributed by atoms with Gasteiger partial charge < -0.3 is 15.2 Å². The maximum Gasteiger partial charge on any atom is 0.490 e. The molecule has 1 unspecified atom stereocenters. The van der Waals surface area contributed by atoms with Crippen LogP contribution in [0.3, 0.4) is 0 Å². The predicted molar refractivity (Wildman–Crippen MR) is 59.3 cm³/mol. The Morgan fingerprint density at radius 3 is 2.88 bits per heavy atom. The molecule has 0 bridgehead atoms. The lowest BCUT2D eigenvalue weighted by Crippen LogP contribution is -2.19. The van der Waals surface area contributed by atoms with Crippen molar-refractivity contribution in [1.29, 1.82) is 0 Å². The molecular weight excluding hydrogens is 224 g/mol. The highest BCUT2D eigenvalue weighted by Crippen LogP contribution is 2.28. The van der Waals surface area contributed by atoms with E-state index in [1.165, 1.54) is 36.7 Å². The van der Waals surface area contributed by atoms with E-state index in [2.05, 4.69) is 10.1 Å². The van der Waals surface area contributed by atoms with Crippen LogP contribution in [-0.4, -0.2) is 30.9 Å². The van der Waals surface area contributed by atoms with Crippen molar-refractivity contribution in [3.8, 4) is 0 Å². The smallest absolute Gasteiger partial charge is 0.391 e. The molecule has 1 saturated carbocycles. The van der Waals surface area contributed by atoms with E-state index >= 15 is 0 Å². The lowest BCUT2D eigenvalue weighted by atomic mass is 10.0. The molecule has 0 aliphatic heterocycles. The molecule has 0 aromatic carbocycles. The lowest BCUT2D eigenvalue weighted by molar-refractivity contribution is -0.394. The molecule has 1 aliphatic carbocycles. The van der Waals surface area contributed by atoms with Crippen LogP contribution in [-0.2, 0) is 6.54 Å². The maximum absolute atomic E-state index is 10.4. The van der Waals surface area contributed by atoms with Gasteiger partial charge in [-0.25, -0.2) is 0 Å². The fourth-order valence-corrected chi connectivity index (χ4v) is 2.38.